The predicted octanol–water partition coefficient (Wildman–Crippen LogP) is 6.46. The van der Waals surface area contributed by atoms with Gasteiger partial charge in [0.2, 0.25) is 0 Å². The van der Waals surface area contributed by atoms with Crippen LogP contribution in [0.15, 0.2) is 11.1 Å². The summed E-state index contributed by atoms with van der Waals surface area (Å²) < 4.78 is 0. The number of allylic oxidation sites excluding steroid dienone is 2. The Morgan fingerprint density at radius 2 is 1.55 bits per heavy atom. The van der Waals surface area contributed by atoms with E-state index in [1.54, 1.807) is 0 Å². The van der Waals surface area contributed by atoms with E-state index in [0.29, 0.717) is 23.5 Å². The van der Waals surface area contributed by atoms with Crippen molar-refractivity contribution < 1.29 is 15.0 Å². The van der Waals surface area contributed by atoms with Crippen LogP contribution in [0.25, 0.3) is 0 Å². The summed E-state index contributed by atoms with van der Waals surface area (Å²) >= 11 is 0. The molecular weight excluding hydrogens is 408 g/mol. The Kier molecular flexibility index (Phi) is 5.07. The van der Waals surface area contributed by atoms with Crippen LogP contribution in [-0.2, 0) is 4.79 Å². The molecule has 3 saturated carbocycles. The van der Waals surface area contributed by atoms with E-state index in [4.69, 9.17) is 0 Å². The molecular formula is C30H48O3. The molecule has 0 heterocycles. The Bertz CT molecular complexity index is 902. The monoisotopic (exact) mass is 456 g/mol. The summed E-state index contributed by atoms with van der Waals surface area (Å²) in [5.74, 6) is 1.16. The lowest BCUT2D eigenvalue weighted by molar-refractivity contribution is -0.165. The van der Waals surface area contributed by atoms with Crippen LogP contribution in [0.4, 0.5) is 0 Å². The highest BCUT2D eigenvalue weighted by atomic mass is 16.3. The summed E-state index contributed by atoms with van der Waals surface area (Å²) in [6, 6.07) is 0. The number of hydrogen-bond donors (Lipinski definition) is 2. The first-order valence-electron chi connectivity index (χ1n) is 13.7. The molecule has 2 N–H and O–H groups in total. The first-order valence-corrected chi connectivity index (χ1v) is 13.7. The van der Waals surface area contributed by atoms with E-state index >= 15 is 0 Å². The van der Waals surface area contributed by atoms with Gasteiger partial charge in [-0.3, -0.25) is 4.79 Å². The SMILES string of the molecule is CC1(C)C(O)CC[C@]2(C)C3=C(C(=O)CC12)[C@@]1(C)CC[C@@]2(C)CC[C@@](C)(CO)C[C@H]2C1(C)CC3. The average Bonchev–Trinajstić information content (AvgIpc) is 2.75. The van der Waals surface area contributed by atoms with Crippen molar-refractivity contribution in [2.45, 2.75) is 119 Å². The topological polar surface area (TPSA) is 57.5 Å². The standard InChI is InChI=1S/C30H48O3/c1-25(2)21-16-20(32)24-19(28(21,5)10-9-23(25)33)8-11-29(6)22-17-26(3,18-31)12-13-27(22,4)14-15-30(24,29)7/h21-23,31,33H,8-18H2,1-7H3/t21?,22-,23?,26-,27-,28-,29?,30-/m1/s1. The Morgan fingerprint density at radius 3 is 2.21 bits per heavy atom. The molecule has 0 aliphatic heterocycles. The van der Waals surface area contributed by atoms with Crippen LogP contribution in [0.5, 0.6) is 0 Å². The highest BCUT2D eigenvalue weighted by Crippen LogP contribution is 2.74. The van der Waals surface area contributed by atoms with Crippen molar-refractivity contribution in [3.05, 3.63) is 11.1 Å². The highest BCUT2D eigenvalue weighted by molar-refractivity contribution is 5.99. The van der Waals surface area contributed by atoms with E-state index in [2.05, 4.69) is 48.5 Å². The van der Waals surface area contributed by atoms with Crippen LogP contribution in [0.3, 0.4) is 0 Å². The van der Waals surface area contributed by atoms with Gasteiger partial charge in [0.15, 0.2) is 5.78 Å². The Hall–Kier alpha value is -0.670. The molecule has 0 amide bonds. The zero-order chi connectivity index (χ0) is 24.2. The summed E-state index contributed by atoms with van der Waals surface area (Å²) in [4.78, 5) is 14.1. The van der Waals surface area contributed by atoms with Crippen molar-refractivity contribution in [1.29, 1.82) is 0 Å². The molecule has 3 heteroatoms. The summed E-state index contributed by atoms with van der Waals surface area (Å²) in [6.07, 6.45) is 10.0. The zero-order valence-corrected chi connectivity index (χ0v) is 22.3. The number of carbonyl (C=O) groups excluding carboxylic acids is 1. The molecule has 5 rings (SSSR count). The number of carbonyl (C=O) groups is 1. The number of ketones is 1. The predicted molar refractivity (Wildman–Crippen MR) is 133 cm³/mol. The second-order valence-electron chi connectivity index (χ2n) is 15.0. The van der Waals surface area contributed by atoms with Gasteiger partial charge in [-0.05, 0) is 96.7 Å². The van der Waals surface area contributed by atoms with Crippen LogP contribution in [0.1, 0.15) is 113 Å². The van der Waals surface area contributed by atoms with E-state index in [9.17, 15) is 15.0 Å². The van der Waals surface area contributed by atoms with E-state index in [1.807, 2.05) is 0 Å². The molecule has 5 aliphatic rings. The minimum atomic E-state index is -0.316. The third-order valence-electron chi connectivity index (χ3n) is 13.0. The van der Waals surface area contributed by atoms with Crippen molar-refractivity contribution in [3.63, 3.8) is 0 Å². The van der Waals surface area contributed by atoms with Crippen molar-refractivity contribution in [2.24, 2.45) is 44.3 Å². The quantitative estimate of drug-likeness (QED) is 0.476. The Labute approximate surface area is 201 Å². The van der Waals surface area contributed by atoms with Gasteiger partial charge < -0.3 is 10.2 Å². The second-order valence-corrected chi connectivity index (χ2v) is 15.0. The molecule has 33 heavy (non-hydrogen) atoms. The molecule has 8 atom stereocenters. The van der Waals surface area contributed by atoms with Crippen LogP contribution in [-0.4, -0.2) is 28.7 Å². The number of Topliss-reactive ketones (excluding diaryl/α,β-unsaturated/α-hetero) is 1. The van der Waals surface area contributed by atoms with Gasteiger partial charge in [0, 0.05) is 24.0 Å². The van der Waals surface area contributed by atoms with Gasteiger partial charge in [-0.1, -0.05) is 54.0 Å². The summed E-state index contributed by atoms with van der Waals surface area (Å²) in [7, 11) is 0. The fraction of sp³-hybridized carbons (Fsp3) is 0.900. The lowest BCUT2D eigenvalue weighted by Crippen LogP contribution is -2.62. The smallest absolute Gasteiger partial charge is 0.159 e. The van der Waals surface area contributed by atoms with E-state index in [1.165, 1.54) is 24.0 Å². The van der Waals surface area contributed by atoms with Crippen LogP contribution in [0.2, 0.25) is 0 Å². The average molecular weight is 457 g/mol. The molecule has 0 spiro atoms. The largest absolute Gasteiger partial charge is 0.396 e. The molecule has 3 unspecified atom stereocenters. The van der Waals surface area contributed by atoms with E-state index in [0.717, 1.165) is 44.9 Å². The minimum Gasteiger partial charge on any atom is -0.396 e. The van der Waals surface area contributed by atoms with E-state index in [-0.39, 0.29) is 45.7 Å². The maximum absolute atomic E-state index is 14.1. The van der Waals surface area contributed by atoms with Gasteiger partial charge in [0.05, 0.1) is 6.10 Å². The fourth-order valence-electron chi connectivity index (χ4n) is 10.2. The van der Waals surface area contributed by atoms with Gasteiger partial charge in [0.1, 0.15) is 0 Å². The molecule has 3 nitrogen and oxygen atoms in total. The van der Waals surface area contributed by atoms with Crippen LogP contribution in [0, 0.1) is 44.3 Å². The molecule has 0 aromatic carbocycles. The normalized spacial score (nSPS) is 53.6. The Morgan fingerprint density at radius 1 is 0.879 bits per heavy atom. The Balaban J connectivity index is 1.63. The number of aliphatic hydroxyl groups excluding tert-OH is 2. The second kappa shape index (κ2) is 6.96. The van der Waals surface area contributed by atoms with Gasteiger partial charge in [0.25, 0.3) is 0 Å². The molecule has 0 aromatic rings. The molecule has 186 valence electrons. The summed E-state index contributed by atoms with van der Waals surface area (Å²) in [5.41, 5.74) is 2.83. The van der Waals surface area contributed by atoms with Crippen molar-refractivity contribution in [1.82, 2.24) is 0 Å². The van der Waals surface area contributed by atoms with Gasteiger partial charge in [-0.25, -0.2) is 0 Å². The maximum atomic E-state index is 14.1. The van der Waals surface area contributed by atoms with Crippen LogP contribution < -0.4 is 0 Å². The lowest BCUT2D eigenvalue weighted by atomic mass is 9.35. The van der Waals surface area contributed by atoms with Crippen molar-refractivity contribution in [2.75, 3.05) is 6.61 Å². The number of rotatable bonds is 1. The first kappa shape index (κ1) is 24.0. The molecule has 0 aromatic heterocycles. The van der Waals surface area contributed by atoms with Crippen LogP contribution >= 0.6 is 0 Å². The summed E-state index contributed by atoms with van der Waals surface area (Å²) in [5, 5.41) is 21.1. The third kappa shape index (κ3) is 2.90. The third-order valence-corrected chi connectivity index (χ3v) is 13.0. The number of hydrogen-bond acceptors (Lipinski definition) is 3. The zero-order valence-electron chi connectivity index (χ0n) is 22.3. The molecule has 0 saturated heterocycles. The maximum Gasteiger partial charge on any atom is 0.159 e. The van der Waals surface area contributed by atoms with Crippen molar-refractivity contribution in [3.8, 4) is 0 Å². The highest BCUT2D eigenvalue weighted by Gasteiger charge is 2.67. The molecule has 0 radical (unpaired) electrons. The summed E-state index contributed by atoms with van der Waals surface area (Å²) in [6.45, 7) is 16.8. The lowest BCUT2D eigenvalue weighted by Gasteiger charge is -2.69. The van der Waals surface area contributed by atoms with Crippen molar-refractivity contribution >= 4 is 5.78 Å². The first-order chi connectivity index (χ1) is 15.2. The van der Waals surface area contributed by atoms with Gasteiger partial charge in [-0.2, -0.15) is 0 Å². The molecule has 5 aliphatic carbocycles. The fourth-order valence-corrected chi connectivity index (χ4v) is 10.2. The van der Waals surface area contributed by atoms with Gasteiger partial charge >= 0.3 is 0 Å². The number of aliphatic hydroxyl groups is 2. The van der Waals surface area contributed by atoms with Gasteiger partial charge in [-0.15, -0.1) is 0 Å². The van der Waals surface area contributed by atoms with E-state index < -0.39 is 0 Å². The molecule has 3 fully saturated rings. The molecule has 0 bridgehead atoms. The number of fused-ring (bicyclic) bond motifs is 6. The minimum absolute atomic E-state index is 0.0112.